The van der Waals surface area contributed by atoms with Crippen LogP contribution < -0.4 is 5.32 Å². The normalized spacial score (nSPS) is 22.2. The highest BCUT2D eigenvalue weighted by atomic mass is 16.2. The van der Waals surface area contributed by atoms with Crippen molar-refractivity contribution in [2.24, 2.45) is 0 Å². The number of amides is 1. The van der Waals surface area contributed by atoms with Gasteiger partial charge in [0.25, 0.3) is 0 Å². The Labute approximate surface area is 127 Å². The number of hydrogen-bond donors (Lipinski definition) is 1. The van der Waals surface area contributed by atoms with Gasteiger partial charge in [0.1, 0.15) is 0 Å². The predicted molar refractivity (Wildman–Crippen MR) is 84.0 cm³/mol. The van der Waals surface area contributed by atoms with Gasteiger partial charge in [-0.2, -0.15) is 0 Å². The molecule has 1 aromatic rings. The summed E-state index contributed by atoms with van der Waals surface area (Å²) < 4.78 is 0. The van der Waals surface area contributed by atoms with Gasteiger partial charge in [-0.05, 0) is 44.0 Å². The van der Waals surface area contributed by atoms with Crippen molar-refractivity contribution in [3.63, 3.8) is 0 Å². The molecule has 1 fully saturated rings. The largest absolute Gasteiger partial charge is 0.342 e. The van der Waals surface area contributed by atoms with Crippen LogP contribution in [0, 0.1) is 0 Å². The van der Waals surface area contributed by atoms with E-state index in [0.717, 1.165) is 45.4 Å². The zero-order valence-electron chi connectivity index (χ0n) is 12.8. The van der Waals surface area contributed by atoms with E-state index in [-0.39, 0.29) is 5.91 Å². The Kier molecular flexibility index (Phi) is 4.56. The summed E-state index contributed by atoms with van der Waals surface area (Å²) >= 11 is 0. The summed E-state index contributed by atoms with van der Waals surface area (Å²) in [5.41, 5.74) is 2.74. The molecule has 1 N–H and O–H groups in total. The molecule has 3 rings (SSSR count). The topological polar surface area (TPSA) is 35.6 Å². The van der Waals surface area contributed by atoms with Crippen molar-refractivity contribution >= 4 is 5.91 Å². The highest BCUT2D eigenvalue weighted by Gasteiger charge is 2.25. The first-order chi connectivity index (χ1) is 10.3. The quantitative estimate of drug-likeness (QED) is 0.920. The van der Waals surface area contributed by atoms with Crippen molar-refractivity contribution in [1.29, 1.82) is 0 Å². The number of benzene rings is 1. The third-order valence-corrected chi connectivity index (χ3v) is 4.70. The lowest BCUT2D eigenvalue weighted by atomic mass is 9.98. The first-order valence-corrected chi connectivity index (χ1v) is 8.02. The van der Waals surface area contributed by atoms with Gasteiger partial charge in [0.05, 0.1) is 6.54 Å². The summed E-state index contributed by atoms with van der Waals surface area (Å²) in [6.45, 7) is 4.34. The van der Waals surface area contributed by atoms with E-state index in [0.29, 0.717) is 12.6 Å². The summed E-state index contributed by atoms with van der Waals surface area (Å²) in [7, 11) is 2.08. The fraction of sp³-hybridized carbons (Fsp3) is 0.588. The van der Waals surface area contributed by atoms with Crippen molar-refractivity contribution in [2.75, 3.05) is 33.2 Å². The lowest BCUT2D eigenvalue weighted by Gasteiger charge is -2.29. The Morgan fingerprint density at radius 3 is 2.90 bits per heavy atom. The highest BCUT2D eigenvalue weighted by Crippen LogP contribution is 2.28. The van der Waals surface area contributed by atoms with Gasteiger partial charge in [-0.25, -0.2) is 0 Å². The van der Waals surface area contributed by atoms with Crippen LogP contribution in [0.15, 0.2) is 24.3 Å². The minimum atomic E-state index is 0.282. The minimum Gasteiger partial charge on any atom is -0.342 e. The number of nitrogens with zero attached hydrogens (tertiary/aromatic N) is 2. The van der Waals surface area contributed by atoms with Crippen LogP contribution in [-0.4, -0.2) is 48.9 Å². The molecule has 4 nitrogen and oxygen atoms in total. The van der Waals surface area contributed by atoms with Crippen LogP contribution in [0.3, 0.4) is 0 Å². The third-order valence-electron chi connectivity index (χ3n) is 4.70. The monoisotopic (exact) mass is 287 g/mol. The first-order valence-electron chi connectivity index (χ1n) is 8.02. The van der Waals surface area contributed by atoms with Crippen LogP contribution in [-0.2, 0) is 11.3 Å². The molecule has 0 spiro atoms. The zero-order chi connectivity index (χ0) is 14.7. The van der Waals surface area contributed by atoms with Crippen molar-refractivity contribution in [2.45, 2.75) is 31.8 Å². The van der Waals surface area contributed by atoms with E-state index >= 15 is 0 Å². The van der Waals surface area contributed by atoms with Crippen LogP contribution in [0.1, 0.15) is 36.4 Å². The molecular weight excluding hydrogens is 262 g/mol. The summed E-state index contributed by atoms with van der Waals surface area (Å²) in [6, 6.07) is 8.94. The van der Waals surface area contributed by atoms with E-state index < -0.39 is 0 Å². The van der Waals surface area contributed by atoms with Gasteiger partial charge in [-0.1, -0.05) is 24.3 Å². The molecule has 2 aliphatic rings. The molecule has 1 atom stereocenters. The molecule has 1 aromatic carbocycles. The SMILES string of the molecule is CN(CC(=O)N1CCCC1)C1CCNCc2ccccc21. The van der Waals surface area contributed by atoms with E-state index in [2.05, 4.69) is 41.5 Å². The van der Waals surface area contributed by atoms with E-state index in [1.165, 1.54) is 11.1 Å². The van der Waals surface area contributed by atoms with Crippen molar-refractivity contribution in [1.82, 2.24) is 15.1 Å². The molecule has 0 aromatic heterocycles. The van der Waals surface area contributed by atoms with Gasteiger partial charge in [-0.15, -0.1) is 0 Å². The van der Waals surface area contributed by atoms with Crippen LogP contribution in [0.5, 0.6) is 0 Å². The lowest BCUT2D eigenvalue weighted by Crippen LogP contribution is -2.39. The number of carbonyl (C=O) groups is 1. The molecular formula is C17H25N3O. The van der Waals surface area contributed by atoms with Crippen molar-refractivity contribution < 1.29 is 4.79 Å². The number of likely N-dealkylation sites (tertiary alicyclic amines) is 1. The predicted octanol–water partition coefficient (Wildman–Crippen LogP) is 1.78. The zero-order valence-corrected chi connectivity index (χ0v) is 12.8. The second-order valence-electron chi connectivity index (χ2n) is 6.18. The second-order valence-corrected chi connectivity index (χ2v) is 6.18. The minimum absolute atomic E-state index is 0.282. The number of likely N-dealkylation sites (N-methyl/N-ethyl adjacent to an activating group) is 1. The molecule has 2 heterocycles. The fourth-order valence-corrected chi connectivity index (χ4v) is 3.49. The molecule has 2 aliphatic heterocycles. The van der Waals surface area contributed by atoms with Gasteiger partial charge in [-0.3, -0.25) is 9.69 Å². The summed E-state index contributed by atoms with van der Waals surface area (Å²) in [4.78, 5) is 16.6. The van der Waals surface area contributed by atoms with E-state index in [1.807, 2.05) is 4.90 Å². The maximum absolute atomic E-state index is 12.4. The van der Waals surface area contributed by atoms with E-state index in [4.69, 9.17) is 0 Å². The fourth-order valence-electron chi connectivity index (χ4n) is 3.49. The standard InChI is InChI=1S/C17H25N3O/c1-19(13-17(21)20-10-4-5-11-20)16-8-9-18-12-14-6-2-3-7-15(14)16/h2-3,6-7,16,18H,4-5,8-13H2,1H3. The number of carbonyl (C=O) groups excluding carboxylic acids is 1. The Morgan fingerprint density at radius 1 is 1.33 bits per heavy atom. The molecule has 4 heteroatoms. The number of rotatable bonds is 3. The van der Waals surface area contributed by atoms with Gasteiger partial charge in [0, 0.05) is 25.7 Å². The molecule has 1 amide bonds. The maximum Gasteiger partial charge on any atom is 0.236 e. The summed E-state index contributed by atoms with van der Waals surface area (Å²) in [5.74, 6) is 0.282. The number of hydrogen-bond acceptors (Lipinski definition) is 3. The third kappa shape index (κ3) is 3.27. The van der Waals surface area contributed by atoms with Crippen LogP contribution in [0.4, 0.5) is 0 Å². The average molecular weight is 287 g/mol. The maximum atomic E-state index is 12.4. The van der Waals surface area contributed by atoms with E-state index in [9.17, 15) is 4.79 Å². The molecule has 0 bridgehead atoms. The molecule has 1 saturated heterocycles. The second kappa shape index (κ2) is 6.58. The van der Waals surface area contributed by atoms with E-state index in [1.54, 1.807) is 0 Å². The Morgan fingerprint density at radius 2 is 2.10 bits per heavy atom. The van der Waals surface area contributed by atoms with Crippen LogP contribution in [0.25, 0.3) is 0 Å². The molecule has 0 aliphatic carbocycles. The van der Waals surface area contributed by atoms with Crippen LogP contribution in [0.2, 0.25) is 0 Å². The molecule has 114 valence electrons. The lowest BCUT2D eigenvalue weighted by molar-refractivity contribution is -0.131. The Hall–Kier alpha value is -1.39. The van der Waals surface area contributed by atoms with Gasteiger partial charge in [0.15, 0.2) is 0 Å². The molecule has 1 unspecified atom stereocenters. The molecule has 0 radical (unpaired) electrons. The summed E-state index contributed by atoms with van der Waals surface area (Å²) in [6.07, 6.45) is 3.37. The molecule has 21 heavy (non-hydrogen) atoms. The average Bonchev–Trinajstić information content (AvgIpc) is 2.94. The molecule has 0 saturated carbocycles. The number of nitrogens with one attached hydrogen (secondary N) is 1. The number of fused-ring (bicyclic) bond motifs is 1. The van der Waals surface area contributed by atoms with Crippen molar-refractivity contribution in [3.05, 3.63) is 35.4 Å². The Bertz CT molecular complexity index is 497. The highest BCUT2D eigenvalue weighted by molar-refractivity contribution is 5.78. The van der Waals surface area contributed by atoms with Gasteiger partial charge in [0.2, 0.25) is 5.91 Å². The van der Waals surface area contributed by atoms with Crippen LogP contribution >= 0.6 is 0 Å². The van der Waals surface area contributed by atoms with Gasteiger partial charge >= 0.3 is 0 Å². The first kappa shape index (κ1) is 14.5. The van der Waals surface area contributed by atoms with Crippen molar-refractivity contribution in [3.8, 4) is 0 Å². The van der Waals surface area contributed by atoms with Gasteiger partial charge < -0.3 is 10.2 Å². The summed E-state index contributed by atoms with van der Waals surface area (Å²) in [5, 5.41) is 3.47. The smallest absolute Gasteiger partial charge is 0.236 e. The Balaban J connectivity index is 1.71.